The Morgan fingerprint density at radius 1 is 1.38 bits per heavy atom. The Bertz CT molecular complexity index is 379. The predicted octanol–water partition coefficient (Wildman–Crippen LogP) is 2.77. The van der Waals surface area contributed by atoms with Gasteiger partial charge in [0.05, 0.1) is 7.11 Å². The summed E-state index contributed by atoms with van der Waals surface area (Å²) in [6, 6.07) is 1.29. The molecule has 0 amide bonds. The molecule has 1 aromatic rings. The van der Waals surface area contributed by atoms with Gasteiger partial charge in [0.25, 0.3) is 5.88 Å². The molecular formula is C9H9F4NO2. The Kier molecular flexibility index (Phi) is 3.56. The van der Waals surface area contributed by atoms with Crippen LogP contribution < -0.4 is 9.47 Å². The van der Waals surface area contributed by atoms with Crippen molar-refractivity contribution in [3.63, 3.8) is 0 Å². The summed E-state index contributed by atoms with van der Waals surface area (Å²) in [7, 11) is 1.12. The summed E-state index contributed by atoms with van der Waals surface area (Å²) < 4.78 is 56.8. The third kappa shape index (κ3) is 2.98. The second-order valence-corrected chi connectivity index (χ2v) is 2.94. The summed E-state index contributed by atoms with van der Waals surface area (Å²) in [5.41, 5.74) is 0.182. The highest BCUT2D eigenvalue weighted by molar-refractivity contribution is 5.42. The van der Waals surface area contributed by atoms with Crippen LogP contribution in [0.2, 0.25) is 0 Å². The Morgan fingerprint density at radius 3 is 2.44 bits per heavy atom. The van der Waals surface area contributed by atoms with Crippen LogP contribution in [0.15, 0.2) is 6.07 Å². The molecule has 0 fully saturated rings. The number of halogens is 4. The lowest BCUT2D eigenvalue weighted by Gasteiger charge is -2.14. The zero-order valence-electron chi connectivity index (χ0n) is 8.56. The second-order valence-electron chi connectivity index (χ2n) is 2.94. The lowest BCUT2D eigenvalue weighted by atomic mass is 10.2. The molecule has 1 aromatic heterocycles. The predicted molar refractivity (Wildman–Crippen MR) is 47.0 cm³/mol. The molecule has 0 aromatic carbocycles. The number of hydrogen-bond acceptors (Lipinski definition) is 3. The second kappa shape index (κ2) is 4.54. The van der Waals surface area contributed by atoms with Crippen LogP contribution in [0.5, 0.6) is 11.6 Å². The molecular weight excluding hydrogens is 230 g/mol. The molecule has 3 nitrogen and oxygen atoms in total. The van der Waals surface area contributed by atoms with Crippen LogP contribution >= 0.6 is 0 Å². The summed E-state index contributed by atoms with van der Waals surface area (Å²) >= 11 is 0. The lowest BCUT2D eigenvalue weighted by molar-refractivity contribution is -0.276. The van der Waals surface area contributed by atoms with E-state index in [2.05, 4.69) is 14.5 Å². The molecule has 0 aliphatic rings. The van der Waals surface area contributed by atoms with Gasteiger partial charge in [-0.05, 0) is 13.0 Å². The van der Waals surface area contributed by atoms with E-state index >= 15 is 0 Å². The standard InChI is InChI=1S/C9H9F4NO2/c1-5-3-6(4-10)7(15-2)8(14-5)16-9(11,12)13/h3H,4H2,1-2H3. The number of nitrogens with zero attached hydrogens (tertiary/aromatic N) is 1. The van der Waals surface area contributed by atoms with Crippen molar-refractivity contribution in [1.82, 2.24) is 4.98 Å². The first-order chi connectivity index (χ1) is 7.37. The maximum absolute atomic E-state index is 12.5. The topological polar surface area (TPSA) is 31.4 Å². The van der Waals surface area contributed by atoms with Gasteiger partial charge in [0, 0.05) is 11.3 Å². The molecule has 16 heavy (non-hydrogen) atoms. The van der Waals surface area contributed by atoms with Crippen LogP contribution in [-0.4, -0.2) is 18.5 Å². The zero-order chi connectivity index (χ0) is 12.3. The molecule has 7 heteroatoms. The van der Waals surface area contributed by atoms with Crippen LogP contribution in [0.4, 0.5) is 17.6 Å². The van der Waals surface area contributed by atoms with Crippen molar-refractivity contribution >= 4 is 0 Å². The van der Waals surface area contributed by atoms with E-state index in [1.807, 2.05) is 0 Å². The molecule has 0 aliphatic heterocycles. The van der Waals surface area contributed by atoms with Crippen LogP contribution in [-0.2, 0) is 6.67 Å². The van der Waals surface area contributed by atoms with Gasteiger partial charge in [-0.25, -0.2) is 9.37 Å². The summed E-state index contributed by atoms with van der Waals surface area (Å²) in [6.07, 6.45) is -4.89. The SMILES string of the molecule is COc1c(CF)cc(C)nc1OC(F)(F)F. The van der Waals surface area contributed by atoms with Gasteiger partial charge in [0.2, 0.25) is 0 Å². The van der Waals surface area contributed by atoms with E-state index in [-0.39, 0.29) is 17.0 Å². The summed E-state index contributed by atoms with van der Waals surface area (Å²) in [5.74, 6) is -1.12. The van der Waals surface area contributed by atoms with E-state index in [1.54, 1.807) is 0 Å². The molecule has 1 rings (SSSR count). The van der Waals surface area contributed by atoms with E-state index in [0.29, 0.717) is 0 Å². The Balaban J connectivity index is 3.20. The number of aromatic nitrogens is 1. The van der Waals surface area contributed by atoms with E-state index in [1.165, 1.54) is 13.0 Å². The van der Waals surface area contributed by atoms with Gasteiger partial charge in [0.1, 0.15) is 6.67 Å². The van der Waals surface area contributed by atoms with Crippen molar-refractivity contribution in [1.29, 1.82) is 0 Å². The van der Waals surface area contributed by atoms with Gasteiger partial charge in [-0.3, -0.25) is 0 Å². The maximum atomic E-state index is 12.5. The smallest absolute Gasteiger partial charge is 0.491 e. The highest BCUT2D eigenvalue weighted by atomic mass is 19.4. The minimum atomic E-state index is -4.89. The van der Waals surface area contributed by atoms with Gasteiger partial charge in [-0.2, -0.15) is 0 Å². The number of pyridine rings is 1. The van der Waals surface area contributed by atoms with Gasteiger partial charge in [-0.1, -0.05) is 0 Å². The molecule has 0 aliphatic carbocycles. The molecule has 0 spiro atoms. The minimum absolute atomic E-state index is 0.0331. The first-order valence-electron chi connectivity index (χ1n) is 4.23. The number of methoxy groups -OCH3 is 1. The molecule has 0 bridgehead atoms. The minimum Gasteiger partial charge on any atom is -0.491 e. The summed E-state index contributed by atoms with van der Waals surface area (Å²) in [4.78, 5) is 3.50. The normalized spacial score (nSPS) is 11.4. The first-order valence-corrected chi connectivity index (χ1v) is 4.23. The van der Waals surface area contributed by atoms with Gasteiger partial charge < -0.3 is 9.47 Å². The van der Waals surface area contributed by atoms with Gasteiger partial charge in [0.15, 0.2) is 5.75 Å². The molecule has 0 N–H and O–H groups in total. The van der Waals surface area contributed by atoms with Crippen LogP contribution in [0.3, 0.4) is 0 Å². The van der Waals surface area contributed by atoms with E-state index in [9.17, 15) is 17.6 Å². The third-order valence-electron chi connectivity index (χ3n) is 1.71. The van der Waals surface area contributed by atoms with Crippen molar-refractivity contribution in [3.05, 3.63) is 17.3 Å². The quantitative estimate of drug-likeness (QED) is 0.760. The van der Waals surface area contributed by atoms with Crippen molar-refractivity contribution in [2.24, 2.45) is 0 Å². The number of rotatable bonds is 3. The molecule has 0 saturated heterocycles. The van der Waals surface area contributed by atoms with Crippen molar-refractivity contribution in [2.75, 3.05) is 7.11 Å². The Hall–Kier alpha value is -1.53. The fourth-order valence-corrected chi connectivity index (χ4v) is 1.19. The molecule has 0 atom stereocenters. The summed E-state index contributed by atoms with van der Waals surface area (Å²) in [6.45, 7) is 0.475. The number of aryl methyl sites for hydroxylation is 1. The monoisotopic (exact) mass is 239 g/mol. The highest BCUT2D eigenvalue weighted by Gasteiger charge is 2.34. The Morgan fingerprint density at radius 2 is 2.00 bits per heavy atom. The first kappa shape index (κ1) is 12.5. The lowest BCUT2D eigenvalue weighted by Crippen LogP contribution is -2.19. The van der Waals surface area contributed by atoms with Gasteiger partial charge in [-0.15, -0.1) is 13.2 Å². The Labute approximate surface area is 89.0 Å². The van der Waals surface area contributed by atoms with Crippen LogP contribution in [0.25, 0.3) is 0 Å². The van der Waals surface area contributed by atoms with Crippen molar-refractivity contribution in [3.8, 4) is 11.6 Å². The van der Waals surface area contributed by atoms with E-state index in [4.69, 9.17) is 0 Å². The van der Waals surface area contributed by atoms with Crippen LogP contribution in [0.1, 0.15) is 11.3 Å². The molecule has 1 heterocycles. The van der Waals surface area contributed by atoms with E-state index < -0.39 is 18.9 Å². The molecule has 0 radical (unpaired) electrons. The maximum Gasteiger partial charge on any atom is 0.574 e. The average molecular weight is 239 g/mol. The molecule has 0 unspecified atom stereocenters. The highest BCUT2D eigenvalue weighted by Crippen LogP contribution is 2.34. The number of alkyl halides is 4. The van der Waals surface area contributed by atoms with Crippen molar-refractivity contribution < 1.29 is 27.0 Å². The number of hydrogen-bond donors (Lipinski definition) is 0. The zero-order valence-corrected chi connectivity index (χ0v) is 8.56. The van der Waals surface area contributed by atoms with E-state index in [0.717, 1.165) is 7.11 Å². The fraction of sp³-hybridized carbons (Fsp3) is 0.444. The fourth-order valence-electron chi connectivity index (χ4n) is 1.19. The summed E-state index contributed by atoms with van der Waals surface area (Å²) in [5, 5.41) is 0. The van der Waals surface area contributed by atoms with Gasteiger partial charge >= 0.3 is 6.36 Å². The molecule has 0 saturated carbocycles. The number of ether oxygens (including phenoxy) is 2. The van der Waals surface area contributed by atoms with Crippen LogP contribution in [0, 0.1) is 6.92 Å². The average Bonchev–Trinajstić information content (AvgIpc) is 2.14. The third-order valence-corrected chi connectivity index (χ3v) is 1.71. The molecule has 90 valence electrons. The largest absolute Gasteiger partial charge is 0.574 e. The van der Waals surface area contributed by atoms with Crippen molar-refractivity contribution in [2.45, 2.75) is 20.0 Å².